The van der Waals surface area contributed by atoms with E-state index in [1.165, 1.54) is 0 Å². The average Bonchev–Trinajstić information content (AvgIpc) is 2.98. The summed E-state index contributed by atoms with van der Waals surface area (Å²) in [5.41, 5.74) is -0.209. The molecule has 1 aliphatic heterocycles. The number of halogens is 3. The summed E-state index contributed by atoms with van der Waals surface area (Å²) in [4.78, 5) is 30.2. The molecule has 6 nitrogen and oxygen atoms in total. The normalized spacial score (nSPS) is 25.0. The number of pyridine rings is 1. The number of anilines is 2. The highest BCUT2D eigenvalue weighted by atomic mass is 19.4. The minimum Gasteiger partial charge on any atom is -0.380 e. The first kappa shape index (κ1) is 25.9. The standard InChI is InChI=1S/C29H28F3N3O3/c1-18-23(8-5-13-33-18)35-26(37)20-9-10-22-24(14-20)34-25(36)15-21-17-28(38,29(30,31)32)12-11-27(21,22)16-19-6-3-2-4-7-19/h2-10,13-14,21,38H,11-12,15-17H2,1H3,(H,34,36)(H,35,37)/t21-,27-,28?/m0/s1. The van der Waals surface area contributed by atoms with Crippen molar-refractivity contribution in [2.45, 2.75) is 56.2 Å². The molecule has 1 aromatic heterocycles. The molecule has 0 saturated heterocycles. The van der Waals surface area contributed by atoms with E-state index in [2.05, 4.69) is 15.6 Å². The summed E-state index contributed by atoms with van der Waals surface area (Å²) >= 11 is 0. The van der Waals surface area contributed by atoms with E-state index in [4.69, 9.17) is 0 Å². The quantitative estimate of drug-likeness (QED) is 0.418. The van der Waals surface area contributed by atoms with Crippen LogP contribution in [0.25, 0.3) is 0 Å². The lowest BCUT2D eigenvalue weighted by molar-refractivity contribution is -0.279. The number of hydrogen-bond acceptors (Lipinski definition) is 4. The van der Waals surface area contributed by atoms with Crippen LogP contribution in [-0.4, -0.2) is 33.7 Å². The number of benzene rings is 2. The molecular weight excluding hydrogens is 495 g/mol. The van der Waals surface area contributed by atoms with Crippen LogP contribution in [0.15, 0.2) is 66.9 Å². The molecule has 2 aliphatic rings. The Balaban J connectivity index is 1.57. The molecule has 198 valence electrons. The fraction of sp³-hybridized carbons (Fsp3) is 0.345. The number of fused-ring (bicyclic) bond motifs is 3. The van der Waals surface area contributed by atoms with Crippen molar-refractivity contribution >= 4 is 23.2 Å². The van der Waals surface area contributed by atoms with Crippen LogP contribution < -0.4 is 10.6 Å². The smallest absolute Gasteiger partial charge is 0.380 e. The maximum atomic E-state index is 13.9. The lowest BCUT2D eigenvalue weighted by atomic mass is 9.56. The third-order valence-electron chi connectivity index (χ3n) is 8.02. The number of aliphatic hydroxyl groups is 1. The number of aromatic nitrogens is 1. The van der Waals surface area contributed by atoms with E-state index in [0.717, 1.165) is 5.56 Å². The third-order valence-corrected chi connectivity index (χ3v) is 8.02. The molecule has 3 atom stereocenters. The maximum Gasteiger partial charge on any atom is 0.417 e. The van der Waals surface area contributed by atoms with E-state index in [9.17, 15) is 27.9 Å². The van der Waals surface area contributed by atoms with Gasteiger partial charge in [0.1, 0.15) is 0 Å². The van der Waals surface area contributed by atoms with Crippen LogP contribution in [0.1, 0.15) is 52.9 Å². The summed E-state index contributed by atoms with van der Waals surface area (Å²) in [5.74, 6) is -1.61. The van der Waals surface area contributed by atoms with Gasteiger partial charge in [0, 0.05) is 29.3 Å². The molecular formula is C29H28F3N3O3. The molecule has 1 saturated carbocycles. The second-order valence-electron chi connectivity index (χ2n) is 10.4. The zero-order valence-electron chi connectivity index (χ0n) is 20.8. The van der Waals surface area contributed by atoms with Crippen LogP contribution >= 0.6 is 0 Å². The molecule has 1 fully saturated rings. The van der Waals surface area contributed by atoms with Gasteiger partial charge in [0.25, 0.3) is 5.91 Å². The predicted molar refractivity (Wildman–Crippen MR) is 137 cm³/mol. The first-order valence-electron chi connectivity index (χ1n) is 12.5. The van der Waals surface area contributed by atoms with Crippen molar-refractivity contribution in [3.63, 3.8) is 0 Å². The Morgan fingerprint density at radius 2 is 1.89 bits per heavy atom. The third kappa shape index (κ3) is 4.67. The van der Waals surface area contributed by atoms with Crippen molar-refractivity contribution in [1.82, 2.24) is 4.98 Å². The van der Waals surface area contributed by atoms with Gasteiger partial charge in [0.15, 0.2) is 5.60 Å². The van der Waals surface area contributed by atoms with Crippen LogP contribution in [0.5, 0.6) is 0 Å². The van der Waals surface area contributed by atoms with Gasteiger partial charge < -0.3 is 15.7 Å². The second kappa shape index (κ2) is 9.54. The van der Waals surface area contributed by atoms with Gasteiger partial charge in [0.2, 0.25) is 5.91 Å². The van der Waals surface area contributed by atoms with Crippen molar-refractivity contribution in [2.75, 3.05) is 10.6 Å². The van der Waals surface area contributed by atoms with E-state index in [0.29, 0.717) is 34.6 Å². The minimum atomic E-state index is -4.80. The predicted octanol–water partition coefficient (Wildman–Crippen LogP) is 5.56. The first-order chi connectivity index (χ1) is 18.0. The summed E-state index contributed by atoms with van der Waals surface area (Å²) in [5, 5.41) is 16.3. The van der Waals surface area contributed by atoms with Crippen LogP contribution in [0, 0.1) is 12.8 Å². The van der Waals surface area contributed by atoms with Crippen molar-refractivity contribution in [2.24, 2.45) is 5.92 Å². The number of amides is 2. The van der Waals surface area contributed by atoms with Gasteiger partial charge in [-0.1, -0.05) is 36.4 Å². The SMILES string of the molecule is Cc1ncccc1NC(=O)c1ccc2c(c1)NC(=O)C[C@H]1CC(O)(C(F)(F)F)CC[C@@]21Cc1ccccc1. The molecule has 1 aliphatic carbocycles. The van der Waals surface area contributed by atoms with Gasteiger partial charge in [-0.3, -0.25) is 14.6 Å². The van der Waals surface area contributed by atoms with Crippen molar-refractivity contribution in [3.05, 3.63) is 89.2 Å². The molecule has 3 aromatic rings. The highest BCUT2D eigenvalue weighted by Crippen LogP contribution is 2.56. The van der Waals surface area contributed by atoms with Gasteiger partial charge in [0.05, 0.1) is 11.4 Å². The Bertz CT molecular complexity index is 1380. The number of alkyl halides is 3. The summed E-state index contributed by atoms with van der Waals surface area (Å²) in [6, 6.07) is 17.8. The molecule has 3 N–H and O–H groups in total. The number of carbonyl (C=O) groups excluding carboxylic acids is 2. The van der Waals surface area contributed by atoms with Crippen molar-refractivity contribution in [1.29, 1.82) is 0 Å². The van der Waals surface area contributed by atoms with Gasteiger partial charge in [-0.25, -0.2) is 0 Å². The summed E-state index contributed by atoms with van der Waals surface area (Å²) in [6.45, 7) is 1.77. The van der Waals surface area contributed by atoms with E-state index in [-0.39, 0.29) is 12.8 Å². The van der Waals surface area contributed by atoms with Gasteiger partial charge >= 0.3 is 6.18 Å². The van der Waals surface area contributed by atoms with Crippen molar-refractivity contribution in [3.8, 4) is 0 Å². The van der Waals surface area contributed by atoms with Crippen LogP contribution in [0.4, 0.5) is 24.5 Å². The number of carbonyl (C=O) groups is 2. The number of rotatable bonds is 4. The molecule has 2 aromatic carbocycles. The summed E-state index contributed by atoms with van der Waals surface area (Å²) in [7, 11) is 0. The molecule has 9 heteroatoms. The number of nitrogens with zero attached hydrogens (tertiary/aromatic N) is 1. The van der Waals surface area contributed by atoms with Gasteiger partial charge in [-0.15, -0.1) is 0 Å². The molecule has 5 rings (SSSR count). The molecule has 0 radical (unpaired) electrons. The molecule has 2 amide bonds. The minimum absolute atomic E-state index is 0.0327. The number of aryl methyl sites for hydroxylation is 1. The van der Waals surface area contributed by atoms with Crippen LogP contribution in [-0.2, 0) is 16.6 Å². The van der Waals surface area contributed by atoms with E-state index >= 15 is 0 Å². The van der Waals surface area contributed by atoms with E-state index in [1.807, 2.05) is 30.3 Å². The van der Waals surface area contributed by atoms with Gasteiger partial charge in [-0.2, -0.15) is 13.2 Å². The van der Waals surface area contributed by atoms with Gasteiger partial charge in [-0.05, 0) is 73.9 Å². The Morgan fingerprint density at radius 3 is 2.61 bits per heavy atom. The zero-order chi connectivity index (χ0) is 27.1. The monoisotopic (exact) mass is 523 g/mol. The Morgan fingerprint density at radius 1 is 1.13 bits per heavy atom. The molecule has 0 spiro atoms. The topological polar surface area (TPSA) is 91.3 Å². The summed E-state index contributed by atoms with van der Waals surface area (Å²) in [6.07, 6.45) is -3.97. The second-order valence-corrected chi connectivity index (χ2v) is 10.4. The maximum absolute atomic E-state index is 13.9. The fourth-order valence-corrected chi connectivity index (χ4v) is 5.97. The molecule has 0 bridgehead atoms. The first-order valence-corrected chi connectivity index (χ1v) is 12.5. The molecule has 1 unspecified atom stereocenters. The lowest BCUT2D eigenvalue weighted by Crippen LogP contribution is -2.55. The number of nitrogens with one attached hydrogen (secondary N) is 2. The fourth-order valence-electron chi connectivity index (χ4n) is 5.97. The molecule has 2 heterocycles. The Labute approximate surface area is 218 Å². The Kier molecular flexibility index (Phi) is 6.51. The molecule has 38 heavy (non-hydrogen) atoms. The highest BCUT2D eigenvalue weighted by molar-refractivity contribution is 6.06. The van der Waals surface area contributed by atoms with Crippen LogP contribution in [0.2, 0.25) is 0 Å². The zero-order valence-corrected chi connectivity index (χ0v) is 20.8. The highest BCUT2D eigenvalue weighted by Gasteiger charge is 2.61. The summed E-state index contributed by atoms with van der Waals surface area (Å²) < 4.78 is 41.6. The number of hydrogen-bond donors (Lipinski definition) is 3. The van der Waals surface area contributed by atoms with E-state index in [1.54, 1.807) is 43.5 Å². The largest absolute Gasteiger partial charge is 0.417 e. The van der Waals surface area contributed by atoms with Crippen molar-refractivity contribution < 1.29 is 27.9 Å². The lowest BCUT2D eigenvalue weighted by Gasteiger charge is -2.50. The average molecular weight is 524 g/mol. The van der Waals surface area contributed by atoms with E-state index < -0.39 is 47.8 Å². The Hall–Kier alpha value is -3.72. The van der Waals surface area contributed by atoms with Crippen LogP contribution in [0.3, 0.4) is 0 Å².